The molecule has 0 spiro atoms. The van der Waals surface area contributed by atoms with E-state index < -0.39 is 0 Å². The van der Waals surface area contributed by atoms with Crippen LogP contribution in [0.5, 0.6) is 0 Å². The largest absolute Gasteiger partial charge is 0.494 e. The molecular formula is C27H35N3O4. The summed E-state index contributed by atoms with van der Waals surface area (Å²) in [7, 11) is 3.05. The number of aromatic amines is 2. The van der Waals surface area contributed by atoms with Crippen molar-refractivity contribution in [2.75, 3.05) is 14.2 Å². The Bertz CT molecular complexity index is 1090. The molecule has 0 saturated carbocycles. The molecule has 0 amide bonds. The highest BCUT2D eigenvalue weighted by molar-refractivity contribution is 6.11. The molecule has 0 radical (unpaired) electrons. The number of esters is 1. The van der Waals surface area contributed by atoms with Gasteiger partial charge in [-0.05, 0) is 50.5 Å². The van der Waals surface area contributed by atoms with Crippen LogP contribution in [-0.4, -0.2) is 41.7 Å². The van der Waals surface area contributed by atoms with E-state index in [1.54, 1.807) is 7.11 Å². The van der Waals surface area contributed by atoms with Crippen LogP contribution in [0, 0.1) is 13.8 Å². The number of aromatic nitrogens is 2. The molecule has 0 unspecified atom stereocenters. The standard InChI is InChI=1S/C27H35N3O4/c1-18-21(16-23-25(33-3)17-22(30-23)20-12-11-15-28-20)29-19(2)27(18)24(31)13-9-7-5-6-8-10-14-26(32)34-4/h11-12,15-17,28-29H,5-10,13-14H2,1-4H3/b23-16-. The van der Waals surface area contributed by atoms with Crippen molar-refractivity contribution in [3.63, 3.8) is 0 Å². The van der Waals surface area contributed by atoms with Crippen LogP contribution in [-0.2, 0) is 14.3 Å². The lowest BCUT2D eigenvalue weighted by molar-refractivity contribution is -0.140. The molecule has 0 fully saturated rings. The van der Waals surface area contributed by atoms with Gasteiger partial charge in [-0.3, -0.25) is 9.59 Å². The summed E-state index contributed by atoms with van der Waals surface area (Å²) >= 11 is 0. The number of ether oxygens (including phenoxy) is 2. The Morgan fingerprint density at radius 2 is 1.74 bits per heavy atom. The Morgan fingerprint density at radius 3 is 2.38 bits per heavy atom. The molecule has 7 nitrogen and oxygen atoms in total. The molecule has 0 bridgehead atoms. The van der Waals surface area contributed by atoms with Crippen LogP contribution in [0.1, 0.15) is 84.4 Å². The van der Waals surface area contributed by atoms with Gasteiger partial charge in [0.15, 0.2) is 5.78 Å². The Balaban J connectivity index is 1.56. The first-order valence-corrected chi connectivity index (χ1v) is 11.9. The number of nitrogens with zero attached hydrogens (tertiary/aromatic N) is 1. The van der Waals surface area contributed by atoms with Crippen LogP contribution in [0.3, 0.4) is 0 Å². The zero-order valence-electron chi connectivity index (χ0n) is 20.6. The highest BCUT2D eigenvalue weighted by Gasteiger charge is 2.20. The van der Waals surface area contributed by atoms with Crippen molar-refractivity contribution in [3.05, 3.63) is 64.1 Å². The minimum Gasteiger partial charge on any atom is -0.494 e. The Morgan fingerprint density at radius 1 is 1.03 bits per heavy atom. The fraction of sp³-hybridized carbons (Fsp3) is 0.444. The van der Waals surface area contributed by atoms with E-state index >= 15 is 0 Å². The molecule has 0 aromatic carbocycles. The molecule has 182 valence electrons. The van der Waals surface area contributed by atoms with Gasteiger partial charge in [0.2, 0.25) is 0 Å². The molecular weight excluding hydrogens is 430 g/mol. The lowest BCUT2D eigenvalue weighted by Gasteiger charge is -2.04. The van der Waals surface area contributed by atoms with E-state index in [0.717, 1.165) is 78.1 Å². The van der Waals surface area contributed by atoms with Crippen molar-refractivity contribution in [1.82, 2.24) is 9.97 Å². The van der Waals surface area contributed by atoms with E-state index in [9.17, 15) is 9.59 Å². The van der Waals surface area contributed by atoms with Crippen molar-refractivity contribution >= 4 is 23.5 Å². The van der Waals surface area contributed by atoms with Crippen molar-refractivity contribution in [2.24, 2.45) is 4.99 Å². The summed E-state index contributed by atoms with van der Waals surface area (Å²) in [6, 6.07) is 3.90. The molecule has 2 aromatic heterocycles. The van der Waals surface area contributed by atoms with Gasteiger partial charge in [0.1, 0.15) is 11.5 Å². The Hall–Kier alpha value is -3.35. The smallest absolute Gasteiger partial charge is 0.305 e. The van der Waals surface area contributed by atoms with E-state index in [0.29, 0.717) is 18.6 Å². The van der Waals surface area contributed by atoms with Crippen molar-refractivity contribution < 1.29 is 19.1 Å². The van der Waals surface area contributed by atoms with Gasteiger partial charge in [-0.2, -0.15) is 0 Å². The van der Waals surface area contributed by atoms with E-state index in [2.05, 4.69) is 14.7 Å². The number of Topliss-reactive ketones (excluding diaryl/α,β-unsaturated/α-hetero) is 1. The summed E-state index contributed by atoms with van der Waals surface area (Å²) in [5.74, 6) is 0.717. The molecule has 7 heteroatoms. The van der Waals surface area contributed by atoms with Gasteiger partial charge >= 0.3 is 5.97 Å². The highest BCUT2D eigenvalue weighted by Crippen LogP contribution is 2.28. The van der Waals surface area contributed by atoms with E-state index in [1.807, 2.05) is 44.3 Å². The fourth-order valence-electron chi connectivity index (χ4n) is 4.27. The number of unbranched alkanes of at least 4 members (excludes halogenated alkanes) is 5. The summed E-state index contributed by atoms with van der Waals surface area (Å²) < 4.78 is 10.2. The summed E-state index contributed by atoms with van der Waals surface area (Å²) in [5, 5.41) is 0. The van der Waals surface area contributed by atoms with Crippen LogP contribution in [0.2, 0.25) is 0 Å². The second-order valence-electron chi connectivity index (χ2n) is 8.61. The number of ketones is 1. The number of aliphatic imine (C=N–C) groups is 1. The molecule has 3 heterocycles. The van der Waals surface area contributed by atoms with E-state index in [1.165, 1.54) is 7.11 Å². The molecule has 2 N–H and O–H groups in total. The number of hydrogen-bond acceptors (Lipinski definition) is 5. The minimum absolute atomic E-state index is 0.145. The molecule has 0 aliphatic carbocycles. The first-order chi connectivity index (χ1) is 16.4. The van der Waals surface area contributed by atoms with Crippen molar-refractivity contribution in [2.45, 2.75) is 65.2 Å². The van der Waals surface area contributed by atoms with Crippen molar-refractivity contribution in [3.8, 4) is 0 Å². The van der Waals surface area contributed by atoms with Crippen LogP contribution in [0.25, 0.3) is 6.08 Å². The zero-order chi connectivity index (χ0) is 24.5. The SMILES string of the molecule is COC(=O)CCCCCCCCC(=O)c1c(C)[nH]c(/C=C2\N=C(c3ccc[nH]3)C=C2OC)c1C. The number of rotatable bonds is 13. The maximum absolute atomic E-state index is 12.9. The molecule has 3 rings (SSSR count). The monoisotopic (exact) mass is 465 g/mol. The highest BCUT2D eigenvalue weighted by atomic mass is 16.5. The third kappa shape index (κ3) is 6.37. The maximum Gasteiger partial charge on any atom is 0.305 e. The third-order valence-electron chi connectivity index (χ3n) is 6.15. The predicted molar refractivity (Wildman–Crippen MR) is 134 cm³/mol. The second kappa shape index (κ2) is 12.2. The summed E-state index contributed by atoms with van der Waals surface area (Å²) in [4.78, 5) is 35.3. The third-order valence-corrected chi connectivity index (χ3v) is 6.15. The molecule has 0 saturated heterocycles. The molecule has 34 heavy (non-hydrogen) atoms. The predicted octanol–water partition coefficient (Wildman–Crippen LogP) is 5.81. The van der Waals surface area contributed by atoms with E-state index in [-0.39, 0.29) is 11.8 Å². The molecule has 1 aliphatic heterocycles. The molecule has 0 atom stereocenters. The average Bonchev–Trinajstić information content (AvgIpc) is 3.55. The quantitative estimate of drug-likeness (QED) is 0.222. The van der Waals surface area contributed by atoms with Crippen LogP contribution in [0.4, 0.5) is 0 Å². The zero-order valence-corrected chi connectivity index (χ0v) is 20.6. The molecule has 1 aliphatic rings. The van der Waals surface area contributed by atoms with Gasteiger partial charge in [0.05, 0.1) is 25.6 Å². The van der Waals surface area contributed by atoms with Gasteiger partial charge < -0.3 is 19.4 Å². The van der Waals surface area contributed by atoms with E-state index in [4.69, 9.17) is 9.73 Å². The Labute approximate surface area is 201 Å². The lowest BCUT2D eigenvalue weighted by atomic mass is 10.00. The van der Waals surface area contributed by atoms with Gasteiger partial charge in [-0.25, -0.2) is 4.99 Å². The van der Waals surface area contributed by atoms with Gasteiger partial charge in [-0.1, -0.05) is 25.7 Å². The number of aryl methyl sites for hydroxylation is 1. The Kier molecular flexibility index (Phi) is 9.08. The van der Waals surface area contributed by atoms with Crippen LogP contribution >= 0.6 is 0 Å². The van der Waals surface area contributed by atoms with Crippen LogP contribution < -0.4 is 0 Å². The first kappa shape index (κ1) is 25.3. The first-order valence-electron chi connectivity index (χ1n) is 11.9. The summed E-state index contributed by atoms with van der Waals surface area (Å²) in [6.07, 6.45) is 12.7. The van der Waals surface area contributed by atoms with Gasteiger partial charge in [-0.15, -0.1) is 0 Å². The average molecular weight is 466 g/mol. The number of nitrogens with one attached hydrogen (secondary N) is 2. The fourth-order valence-corrected chi connectivity index (χ4v) is 4.27. The normalized spacial score (nSPS) is 14.3. The summed E-state index contributed by atoms with van der Waals surface area (Å²) in [6.45, 7) is 3.92. The van der Waals surface area contributed by atoms with Gasteiger partial charge in [0.25, 0.3) is 0 Å². The maximum atomic E-state index is 12.9. The topological polar surface area (TPSA) is 96.5 Å². The number of methoxy groups -OCH3 is 2. The second-order valence-corrected chi connectivity index (χ2v) is 8.61. The number of H-pyrrole nitrogens is 2. The summed E-state index contributed by atoms with van der Waals surface area (Å²) in [5.41, 5.74) is 5.94. The van der Waals surface area contributed by atoms with Crippen molar-refractivity contribution in [1.29, 1.82) is 0 Å². The number of hydrogen-bond donors (Lipinski definition) is 2. The van der Waals surface area contributed by atoms with Crippen LogP contribution in [0.15, 0.2) is 40.9 Å². The molecule has 2 aromatic rings. The number of allylic oxidation sites excluding steroid dienone is 1. The van der Waals surface area contributed by atoms with Gasteiger partial charge in [0, 0.05) is 42.1 Å². The number of carbonyl (C=O) groups is 2. The number of carbonyl (C=O) groups excluding carboxylic acids is 2. The minimum atomic E-state index is -0.145. The lowest BCUT2D eigenvalue weighted by Crippen LogP contribution is -2.02.